The van der Waals surface area contributed by atoms with Crippen LogP contribution in [-0.2, 0) is 4.74 Å². The maximum absolute atomic E-state index is 11.9. The van der Waals surface area contributed by atoms with Crippen molar-refractivity contribution in [1.82, 2.24) is 4.90 Å². The van der Waals surface area contributed by atoms with Crippen molar-refractivity contribution in [3.63, 3.8) is 0 Å². The Morgan fingerprint density at radius 1 is 1.25 bits per heavy atom. The molecule has 0 N–H and O–H groups in total. The molecule has 1 aromatic carbocycles. The maximum Gasteiger partial charge on any atom is 0.410 e. The van der Waals surface area contributed by atoms with Gasteiger partial charge in [-0.15, -0.1) is 0 Å². The predicted octanol–water partition coefficient (Wildman–Crippen LogP) is 3.79. The van der Waals surface area contributed by atoms with Gasteiger partial charge in [0.15, 0.2) is 0 Å². The number of halogens is 1. The first kappa shape index (κ1) is 16.5. The summed E-state index contributed by atoms with van der Waals surface area (Å²) in [5, 5.41) is 0. The van der Waals surface area contributed by atoms with E-state index < -0.39 is 5.60 Å². The second-order valence-electron chi connectivity index (χ2n) is 6.44. The Bertz CT molecular complexity index is 488. The van der Waals surface area contributed by atoms with Crippen molar-refractivity contribution in [2.75, 3.05) is 13.1 Å². The van der Waals surface area contributed by atoms with E-state index in [-0.39, 0.29) is 10.8 Å². The molecule has 0 unspecified atom stereocenters. The largest absolute Gasteiger partial charge is 0.444 e. The van der Waals surface area contributed by atoms with Crippen LogP contribution in [0.15, 0.2) is 18.2 Å². The fourth-order valence-corrected chi connectivity index (χ4v) is 2.43. The Kier molecular flexibility index (Phi) is 4.79. The fourth-order valence-electron chi connectivity index (χ4n) is 2.43. The van der Waals surface area contributed by atoms with Crippen molar-refractivity contribution in [3.05, 3.63) is 34.9 Å². The number of carbonyl (C=O) groups is 1. The average Bonchev–Trinajstić information content (AvgIpc) is 2.16. The molecule has 20 heavy (non-hydrogen) atoms. The molecule has 0 radical (unpaired) electrons. The topological polar surface area (TPSA) is 29.5 Å². The normalized spacial score (nSPS) is 15.3. The van der Waals surface area contributed by atoms with E-state index in [0.717, 1.165) is 13.1 Å². The second-order valence-corrected chi connectivity index (χ2v) is 6.44. The van der Waals surface area contributed by atoms with Crippen LogP contribution in [0.1, 0.15) is 43.4 Å². The molecule has 0 saturated carbocycles. The van der Waals surface area contributed by atoms with Crippen LogP contribution in [-0.4, -0.2) is 29.7 Å². The highest BCUT2D eigenvalue weighted by Crippen LogP contribution is 2.30. The van der Waals surface area contributed by atoms with Crippen LogP contribution >= 0.6 is 0 Å². The van der Waals surface area contributed by atoms with Gasteiger partial charge in [0.05, 0.1) is 0 Å². The molecule has 0 atom stereocenters. The van der Waals surface area contributed by atoms with E-state index >= 15 is 0 Å². The van der Waals surface area contributed by atoms with Crippen LogP contribution in [0.4, 0.5) is 9.50 Å². The van der Waals surface area contributed by atoms with Crippen molar-refractivity contribution in [2.45, 2.75) is 46.1 Å². The monoisotopic (exact) mass is 281 g/mol. The number of benzene rings is 1. The van der Waals surface area contributed by atoms with Gasteiger partial charge in [-0.25, -0.2) is 4.79 Å². The number of hydrogen-bond acceptors (Lipinski definition) is 2. The molecule has 0 bridgehead atoms. The van der Waals surface area contributed by atoms with Gasteiger partial charge in [0.2, 0.25) is 0 Å². The first-order valence-corrected chi connectivity index (χ1v) is 6.81. The molecule has 1 saturated heterocycles. The lowest BCUT2D eigenvalue weighted by Crippen LogP contribution is -2.50. The quantitative estimate of drug-likeness (QED) is 0.784. The van der Waals surface area contributed by atoms with Gasteiger partial charge in [0, 0.05) is 19.0 Å². The second kappa shape index (κ2) is 5.81. The average molecular weight is 281 g/mol. The van der Waals surface area contributed by atoms with E-state index in [9.17, 15) is 4.79 Å². The van der Waals surface area contributed by atoms with Crippen LogP contribution in [0, 0.1) is 13.8 Å². The summed E-state index contributed by atoms with van der Waals surface area (Å²) >= 11 is 0. The molecule has 1 fully saturated rings. The van der Waals surface area contributed by atoms with Gasteiger partial charge in [-0.2, -0.15) is 0 Å². The van der Waals surface area contributed by atoms with Crippen molar-refractivity contribution < 1.29 is 14.2 Å². The van der Waals surface area contributed by atoms with Crippen molar-refractivity contribution in [1.29, 1.82) is 0 Å². The van der Waals surface area contributed by atoms with Crippen LogP contribution in [0.3, 0.4) is 0 Å². The number of aryl methyl sites for hydroxylation is 2. The molecule has 1 aliphatic heterocycles. The van der Waals surface area contributed by atoms with Crippen molar-refractivity contribution in [2.24, 2.45) is 0 Å². The van der Waals surface area contributed by atoms with E-state index in [1.165, 1.54) is 16.7 Å². The molecule has 2 rings (SSSR count). The zero-order valence-electron chi connectivity index (χ0n) is 12.9. The molecule has 1 aromatic rings. The number of nitrogens with zero attached hydrogens (tertiary/aromatic N) is 1. The number of rotatable bonds is 1. The molecular weight excluding hydrogens is 257 g/mol. The Labute approximate surface area is 120 Å². The number of amides is 1. The summed E-state index contributed by atoms with van der Waals surface area (Å²) in [7, 11) is 0. The number of hydrogen-bond donors (Lipinski definition) is 0. The zero-order valence-corrected chi connectivity index (χ0v) is 12.9. The van der Waals surface area contributed by atoms with Crippen molar-refractivity contribution in [3.8, 4) is 0 Å². The molecule has 1 heterocycles. The van der Waals surface area contributed by atoms with E-state index in [1.807, 2.05) is 20.8 Å². The molecule has 112 valence electrons. The van der Waals surface area contributed by atoms with E-state index in [1.54, 1.807) is 4.90 Å². The molecule has 0 spiro atoms. The third kappa shape index (κ3) is 3.71. The Balaban J connectivity index is 0.00000200. The van der Waals surface area contributed by atoms with E-state index in [2.05, 4.69) is 32.0 Å². The number of carbonyl (C=O) groups excluding carboxylic acids is 1. The Hall–Kier alpha value is -1.58. The third-order valence-electron chi connectivity index (χ3n) is 3.40. The Morgan fingerprint density at radius 3 is 2.35 bits per heavy atom. The summed E-state index contributed by atoms with van der Waals surface area (Å²) in [4.78, 5) is 13.6. The smallest absolute Gasteiger partial charge is 0.410 e. The summed E-state index contributed by atoms with van der Waals surface area (Å²) in [6.45, 7) is 11.4. The van der Waals surface area contributed by atoms with E-state index in [4.69, 9.17) is 4.74 Å². The van der Waals surface area contributed by atoms with Crippen molar-refractivity contribution >= 4 is 6.09 Å². The predicted molar refractivity (Wildman–Crippen MR) is 79.0 cm³/mol. The summed E-state index contributed by atoms with van der Waals surface area (Å²) < 4.78 is 5.36. The molecule has 4 heteroatoms. The van der Waals surface area contributed by atoms with Gasteiger partial charge in [-0.05, 0) is 45.7 Å². The summed E-state index contributed by atoms with van der Waals surface area (Å²) in [6.07, 6.45) is -0.200. The molecular formula is C16H24FNO2. The fraction of sp³-hybridized carbons (Fsp3) is 0.562. The van der Waals surface area contributed by atoms with Gasteiger partial charge < -0.3 is 9.64 Å². The van der Waals surface area contributed by atoms with Gasteiger partial charge in [-0.1, -0.05) is 23.8 Å². The minimum Gasteiger partial charge on any atom is -0.444 e. The lowest BCUT2D eigenvalue weighted by atomic mass is 9.88. The lowest BCUT2D eigenvalue weighted by molar-refractivity contribution is 0.00814. The van der Waals surface area contributed by atoms with Crippen LogP contribution in [0.25, 0.3) is 0 Å². The standard InChI is InChI=1S/C16H23NO2.FH/c1-11-6-7-14(12(2)8-11)13-9-17(10-13)15(18)19-16(3,4)5;/h6-8,13H,9-10H2,1-5H3;1H. The van der Waals surface area contributed by atoms with Gasteiger partial charge in [0.1, 0.15) is 5.60 Å². The lowest BCUT2D eigenvalue weighted by Gasteiger charge is -2.40. The first-order valence-electron chi connectivity index (χ1n) is 6.81. The van der Waals surface area contributed by atoms with Gasteiger partial charge >= 0.3 is 6.09 Å². The molecule has 0 aromatic heterocycles. The maximum atomic E-state index is 11.9. The molecule has 1 amide bonds. The number of likely N-dealkylation sites (tertiary alicyclic amines) is 1. The summed E-state index contributed by atoms with van der Waals surface area (Å²) in [5.74, 6) is 0.452. The zero-order chi connectivity index (χ0) is 14.2. The summed E-state index contributed by atoms with van der Waals surface area (Å²) in [6, 6.07) is 6.52. The minimum absolute atomic E-state index is 0. The van der Waals surface area contributed by atoms with Gasteiger partial charge in [0.25, 0.3) is 0 Å². The molecule has 1 aliphatic rings. The molecule has 0 aliphatic carbocycles. The van der Waals surface area contributed by atoms with Crippen LogP contribution in [0.2, 0.25) is 0 Å². The van der Waals surface area contributed by atoms with Crippen LogP contribution < -0.4 is 0 Å². The highest BCUT2D eigenvalue weighted by atomic mass is 19.0. The first-order chi connectivity index (χ1) is 8.76. The minimum atomic E-state index is -0.415. The third-order valence-corrected chi connectivity index (χ3v) is 3.40. The van der Waals surface area contributed by atoms with Crippen LogP contribution in [0.5, 0.6) is 0 Å². The summed E-state index contributed by atoms with van der Waals surface area (Å²) in [5.41, 5.74) is 3.53. The SMILES string of the molecule is Cc1ccc(C2CN(C(=O)OC(C)(C)C)C2)c(C)c1.F. The molecule has 3 nitrogen and oxygen atoms in total. The number of ether oxygens (including phenoxy) is 1. The highest BCUT2D eigenvalue weighted by Gasteiger charge is 2.34. The highest BCUT2D eigenvalue weighted by molar-refractivity contribution is 5.69. The van der Waals surface area contributed by atoms with Gasteiger partial charge in [-0.3, -0.25) is 4.70 Å². The van der Waals surface area contributed by atoms with E-state index in [0.29, 0.717) is 5.92 Å². The Morgan fingerprint density at radius 2 is 1.85 bits per heavy atom.